The molecule has 0 saturated heterocycles. The fourth-order valence-electron chi connectivity index (χ4n) is 2.70. The van der Waals surface area contributed by atoms with Crippen LogP contribution in [0.3, 0.4) is 0 Å². The summed E-state index contributed by atoms with van der Waals surface area (Å²) < 4.78 is 0. The number of hydrogen-bond donors (Lipinski definition) is 1. The normalized spacial score (nSPS) is 12.6. The van der Waals surface area contributed by atoms with Crippen LogP contribution < -0.4 is 5.32 Å². The predicted molar refractivity (Wildman–Crippen MR) is 95.4 cm³/mol. The molecule has 2 heteroatoms. The summed E-state index contributed by atoms with van der Waals surface area (Å²) in [5.74, 6) is 0. The molecule has 0 spiro atoms. The van der Waals surface area contributed by atoms with Crippen molar-refractivity contribution < 1.29 is 0 Å². The summed E-state index contributed by atoms with van der Waals surface area (Å²) >= 11 is 6.38. The van der Waals surface area contributed by atoms with Crippen molar-refractivity contribution in [2.45, 2.75) is 78.2 Å². The molecule has 1 aromatic carbocycles. The standard InChI is InChI=1S/C19H32ClN/c1-4-6-7-8-9-10-18(21-13-5-2)15-17-12-11-16(3)14-19(17)20/h11-12,14,18,21H,4-10,13,15H2,1-3H3. The first-order valence-corrected chi connectivity index (χ1v) is 9.03. The van der Waals surface area contributed by atoms with Gasteiger partial charge in [-0.2, -0.15) is 0 Å². The molecule has 0 radical (unpaired) electrons. The van der Waals surface area contributed by atoms with Gasteiger partial charge in [-0.25, -0.2) is 0 Å². The van der Waals surface area contributed by atoms with Gasteiger partial charge in [0.15, 0.2) is 0 Å². The van der Waals surface area contributed by atoms with Crippen molar-refractivity contribution >= 4 is 11.6 Å². The molecule has 0 aliphatic rings. The predicted octanol–water partition coefficient (Wildman–Crippen LogP) is 5.92. The third-order valence-corrected chi connectivity index (χ3v) is 4.37. The van der Waals surface area contributed by atoms with E-state index in [9.17, 15) is 0 Å². The first-order chi connectivity index (χ1) is 10.2. The maximum absolute atomic E-state index is 6.38. The molecule has 0 aliphatic carbocycles. The first kappa shape index (κ1) is 18.5. The zero-order valence-corrected chi connectivity index (χ0v) is 14.8. The molecule has 0 fully saturated rings. The first-order valence-electron chi connectivity index (χ1n) is 8.65. The summed E-state index contributed by atoms with van der Waals surface area (Å²) in [6.07, 6.45) is 10.2. The van der Waals surface area contributed by atoms with Gasteiger partial charge in [0, 0.05) is 11.1 Å². The van der Waals surface area contributed by atoms with Crippen LogP contribution >= 0.6 is 11.6 Å². The molecule has 1 aromatic rings. The molecule has 120 valence electrons. The lowest BCUT2D eigenvalue weighted by Crippen LogP contribution is -2.31. The van der Waals surface area contributed by atoms with Crippen molar-refractivity contribution in [3.8, 4) is 0 Å². The minimum Gasteiger partial charge on any atom is -0.314 e. The maximum atomic E-state index is 6.38. The van der Waals surface area contributed by atoms with Gasteiger partial charge >= 0.3 is 0 Å². The quantitative estimate of drug-likeness (QED) is 0.500. The van der Waals surface area contributed by atoms with Gasteiger partial charge in [-0.3, -0.25) is 0 Å². The van der Waals surface area contributed by atoms with Crippen LogP contribution in [0.15, 0.2) is 18.2 Å². The van der Waals surface area contributed by atoms with Crippen molar-refractivity contribution in [3.63, 3.8) is 0 Å². The number of nitrogens with one attached hydrogen (secondary N) is 1. The Morgan fingerprint density at radius 3 is 2.48 bits per heavy atom. The van der Waals surface area contributed by atoms with Crippen LogP contribution in [0, 0.1) is 6.92 Å². The SMILES string of the molecule is CCCCCCCC(Cc1ccc(C)cc1Cl)NCCC. The van der Waals surface area contributed by atoms with Crippen molar-refractivity contribution in [3.05, 3.63) is 34.3 Å². The van der Waals surface area contributed by atoms with E-state index in [1.165, 1.54) is 56.1 Å². The summed E-state index contributed by atoms with van der Waals surface area (Å²) in [6.45, 7) is 7.69. The lowest BCUT2D eigenvalue weighted by Gasteiger charge is -2.19. The van der Waals surface area contributed by atoms with Crippen molar-refractivity contribution in [2.24, 2.45) is 0 Å². The third-order valence-electron chi connectivity index (χ3n) is 4.01. The van der Waals surface area contributed by atoms with E-state index in [0.717, 1.165) is 18.0 Å². The van der Waals surface area contributed by atoms with E-state index in [1.54, 1.807) is 0 Å². The van der Waals surface area contributed by atoms with Crippen LogP contribution in [0.5, 0.6) is 0 Å². The largest absolute Gasteiger partial charge is 0.314 e. The van der Waals surface area contributed by atoms with E-state index in [4.69, 9.17) is 11.6 Å². The topological polar surface area (TPSA) is 12.0 Å². The Balaban J connectivity index is 2.48. The minimum atomic E-state index is 0.562. The highest BCUT2D eigenvalue weighted by Crippen LogP contribution is 2.20. The van der Waals surface area contributed by atoms with Gasteiger partial charge in [-0.1, -0.05) is 69.7 Å². The summed E-state index contributed by atoms with van der Waals surface area (Å²) in [6, 6.07) is 7.00. The fourth-order valence-corrected chi connectivity index (χ4v) is 3.01. The Kier molecular flexibility index (Phi) is 9.78. The van der Waals surface area contributed by atoms with Gasteiger partial charge in [0.05, 0.1) is 0 Å². The van der Waals surface area contributed by atoms with Crippen LogP contribution in [0.2, 0.25) is 5.02 Å². The second kappa shape index (κ2) is 11.1. The zero-order valence-electron chi connectivity index (χ0n) is 14.1. The molecule has 1 rings (SSSR count). The van der Waals surface area contributed by atoms with Crippen LogP contribution in [0.1, 0.15) is 69.9 Å². The number of benzene rings is 1. The monoisotopic (exact) mass is 309 g/mol. The number of aryl methyl sites for hydroxylation is 1. The average Bonchev–Trinajstić information content (AvgIpc) is 2.46. The highest BCUT2D eigenvalue weighted by atomic mass is 35.5. The van der Waals surface area contributed by atoms with E-state index in [1.807, 2.05) is 0 Å². The molecular weight excluding hydrogens is 278 g/mol. The smallest absolute Gasteiger partial charge is 0.0441 e. The Bertz CT molecular complexity index is 389. The summed E-state index contributed by atoms with van der Waals surface area (Å²) in [7, 11) is 0. The lowest BCUT2D eigenvalue weighted by molar-refractivity contribution is 0.451. The van der Waals surface area contributed by atoms with Gasteiger partial charge in [-0.05, 0) is 49.9 Å². The van der Waals surface area contributed by atoms with Gasteiger partial charge in [0.25, 0.3) is 0 Å². The maximum Gasteiger partial charge on any atom is 0.0441 e. The fraction of sp³-hybridized carbons (Fsp3) is 0.684. The van der Waals surface area contributed by atoms with E-state index in [0.29, 0.717) is 6.04 Å². The van der Waals surface area contributed by atoms with E-state index in [2.05, 4.69) is 44.3 Å². The van der Waals surface area contributed by atoms with Gasteiger partial charge in [0.2, 0.25) is 0 Å². The van der Waals surface area contributed by atoms with Crippen molar-refractivity contribution in [1.82, 2.24) is 5.32 Å². The summed E-state index contributed by atoms with van der Waals surface area (Å²) in [5, 5.41) is 4.61. The van der Waals surface area contributed by atoms with E-state index >= 15 is 0 Å². The number of unbranched alkanes of at least 4 members (excludes halogenated alkanes) is 4. The van der Waals surface area contributed by atoms with Crippen molar-refractivity contribution in [1.29, 1.82) is 0 Å². The number of halogens is 1. The van der Waals surface area contributed by atoms with Gasteiger partial charge < -0.3 is 5.32 Å². The van der Waals surface area contributed by atoms with Gasteiger partial charge in [0.1, 0.15) is 0 Å². The second-order valence-corrected chi connectivity index (χ2v) is 6.56. The Morgan fingerprint density at radius 2 is 1.81 bits per heavy atom. The molecule has 1 nitrogen and oxygen atoms in total. The molecular formula is C19H32ClN. The zero-order chi connectivity index (χ0) is 15.5. The van der Waals surface area contributed by atoms with E-state index in [-0.39, 0.29) is 0 Å². The average molecular weight is 310 g/mol. The lowest BCUT2D eigenvalue weighted by atomic mass is 9.99. The Labute approximate surface area is 136 Å². The number of hydrogen-bond acceptors (Lipinski definition) is 1. The molecule has 21 heavy (non-hydrogen) atoms. The van der Waals surface area contributed by atoms with Crippen LogP contribution in [0.25, 0.3) is 0 Å². The molecule has 1 atom stereocenters. The third kappa shape index (κ3) is 7.87. The minimum absolute atomic E-state index is 0.562. The highest BCUT2D eigenvalue weighted by molar-refractivity contribution is 6.31. The summed E-state index contributed by atoms with van der Waals surface area (Å²) in [4.78, 5) is 0. The molecule has 0 aromatic heterocycles. The van der Waals surface area contributed by atoms with Gasteiger partial charge in [-0.15, -0.1) is 0 Å². The highest BCUT2D eigenvalue weighted by Gasteiger charge is 2.11. The molecule has 0 heterocycles. The van der Waals surface area contributed by atoms with E-state index < -0.39 is 0 Å². The second-order valence-electron chi connectivity index (χ2n) is 6.15. The molecule has 1 N–H and O–H groups in total. The molecule has 1 unspecified atom stereocenters. The number of rotatable bonds is 11. The molecule has 0 saturated carbocycles. The van der Waals surface area contributed by atoms with Crippen LogP contribution in [-0.2, 0) is 6.42 Å². The molecule has 0 aliphatic heterocycles. The Morgan fingerprint density at radius 1 is 1.05 bits per heavy atom. The Hall–Kier alpha value is -0.530. The molecule has 0 bridgehead atoms. The molecule has 0 amide bonds. The summed E-state index contributed by atoms with van der Waals surface area (Å²) in [5.41, 5.74) is 2.52. The van der Waals surface area contributed by atoms with Crippen LogP contribution in [-0.4, -0.2) is 12.6 Å². The van der Waals surface area contributed by atoms with Crippen molar-refractivity contribution in [2.75, 3.05) is 6.54 Å². The van der Waals surface area contributed by atoms with Crippen LogP contribution in [0.4, 0.5) is 0 Å².